The van der Waals surface area contributed by atoms with E-state index in [1.165, 1.54) is 11.8 Å². The maximum atomic E-state index is 13.5. The van der Waals surface area contributed by atoms with Gasteiger partial charge in [0.2, 0.25) is 5.69 Å². The first kappa shape index (κ1) is 19.0. The van der Waals surface area contributed by atoms with E-state index in [0.29, 0.717) is 10.6 Å². The van der Waals surface area contributed by atoms with Crippen LogP contribution >= 0.6 is 11.8 Å². The van der Waals surface area contributed by atoms with Gasteiger partial charge in [0.1, 0.15) is 0 Å². The molecule has 8 heteroatoms. The van der Waals surface area contributed by atoms with Crippen molar-refractivity contribution < 1.29 is 14.3 Å². The summed E-state index contributed by atoms with van der Waals surface area (Å²) in [5, 5.41) is 8.32. The predicted octanol–water partition coefficient (Wildman–Crippen LogP) is 3.37. The van der Waals surface area contributed by atoms with Gasteiger partial charge in [0.15, 0.2) is 10.8 Å². The molecule has 1 fully saturated rings. The van der Waals surface area contributed by atoms with Crippen LogP contribution in [0.3, 0.4) is 0 Å². The number of nitrogens with one attached hydrogen (secondary N) is 1. The number of ketones is 1. The molecule has 1 unspecified atom stereocenters. The van der Waals surface area contributed by atoms with Crippen LogP contribution in [0.1, 0.15) is 65.4 Å². The highest BCUT2D eigenvalue weighted by atomic mass is 32.2. The van der Waals surface area contributed by atoms with Crippen molar-refractivity contribution >= 4 is 23.5 Å². The van der Waals surface area contributed by atoms with E-state index in [2.05, 4.69) is 15.7 Å². The Balaban J connectivity index is 1.72. The first-order chi connectivity index (χ1) is 13.5. The predicted molar refractivity (Wildman–Crippen MR) is 106 cm³/mol. The van der Waals surface area contributed by atoms with Crippen molar-refractivity contribution in [2.75, 3.05) is 12.0 Å². The van der Waals surface area contributed by atoms with Crippen molar-refractivity contribution in [3.8, 4) is 0 Å². The van der Waals surface area contributed by atoms with Crippen molar-refractivity contribution in [2.24, 2.45) is 0 Å². The molecule has 1 aliphatic heterocycles. The molecule has 2 aliphatic rings. The summed E-state index contributed by atoms with van der Waals surface area (Å²) in [5.41, 5.74) is 5.01. The molecule has 148 valence electrons. The first-order valence-corrected chi connectivity index (χ1v) is 10.6. The number of ether oxygens (including phenoxy) is 1. The molecule has 2 heterocycles. The third-order valence-corrected chi connectivity index (χ3v) is 6.97. The number of aryl methyl sites for hydroxylation is 1. The van der Waals surface area contributed by atoms with E-state index in [4.69, 9.17) is 4.74 Å². The summed E-state index contributed by atoms with van der Waals surface area (Å²) in [6.07, 6.45) is 5.05. The van der Waals surface area contributed by atoms with Crippen LogP contribution in [-0.4, -0.2) is 44.3 Å². The number of benzene rings is 1. The molecule has 0 bridgehead atoms. The van der Waals surface area contributed by atoms with Gasteiger partial charge in [0.05, 0.1) is 17.4 Å². The van der Waals surface area contributed by atoms with Gasteiger partial charge in [-0.1, -0.05) is 60.9 Å². The lowest BCUT2D eigenvalue weighted by molar-refractivity contribution is 0.0514. The second-order valence-corrected chi connectivity index (χ2v) is 8.53. The number of rotatable bonds is 4. The second-order valence-electron chi connectivity index (χ2n) is 7.43. The molecule has 1 aromatic carbocycles. The maximum absolute atomic E-state index is 13.5. The normalized spacial score (nSPS) is 20.3. The lowest BCUT2D eigenvalue weighted by Crippen LogP contribution is -2.58. The Bertz CT molecular complexity index is 887. The average molecular weight is 401 g/mol. The number of esters is 1. The van der Waals surface area contributed by atoms with Crippen molar-refractivity contribution in [1.82, 2.24) is 15.1 Å². The van der Waals surface area contributed by atoms with Gasteiger partial charge in [-0.3, -0.25) is 10.2 Å². The van der Waals surface area contributed by atoms with Gasteiger partial charge < -0.3 is 4.74 Å². The molecular formula is C20H24N4O3S. The van der Waals surface area contributed by atoms with Crippen molar-refractivity contribution in [2.45, 2.75) is 61.8 Å². The number of Topliss-reactive ketones (excluding diaryl/α,β-unsaturated/α-hetero) is 1. The van der Waals surface area contributed by atoms with Gasteiger partial charge in [0.25, 0.3) is 0 Å². The fourth-order valence-electron chi connectivity index (χ4n) is 4.00. The van der Waals surface area contributed by atoms with E-state index in [1.807, 2.05) is 31.2 Å². The highest BCUT2D eigenvalue weighted by molar-refractivity contribution is 8.00. The van der Waals surface area contributed by atoms with Gasteiger partial charge in [0, 0.05) is 5.56 Å². The third kappa shape index (κ3) is 3.30. The molecule has 1 N–H and O–H groups in total. The molecule has 1 aromatic heterocycles. The Hall–Kier alpha value is -2.35. The zero-order chi connectivity index (χ0) is 19.7. The summed E-state index contributed by atoms with van der Waals surface area (Å²) < 4.78 is 5.10. The highest BCUT2D eigenvalue weighted by Gasteiger charge is 2.49. The standard InChI is InChI=1S/C20H24N4O3S/c1-3-27-19(26)15-18-24(23-21-15)22-20(11-5-4-6-12-20)17(28-18)16(25)14-9-7-13(2)8-10-14/h7-10,17,22H,3-6,11-12H2,1-2H3. The zero-order valence-electron chi connectivity index (χ0n) is 16.1. The minimum Gasteiger partial charge on any atom is -0.461 e. The molecule has 1 atom stereocenters. The molecule has 0 saturated heterocycles. The highest BCUT2D eigenvalue weighted by Crippen LogP contribution is 2.45. The van der Waals surface area contributed by atoms with Crippen LogP contribution in [0, 0.1) is 6.92 Å². The summed E-state index contributed by atoms with van der Waals surface area (Å²) in [5.74, 6) is -0.444. The minimum absolute atomic E-state index is 0.0710. The fraction of sp³-hybridized carbons (Fsp3) is 0.500. The van der Waals surface area contributed by atoms with Gasteiger partial charge in [-0.05, 0) is 31.9 Å². The lowest BCUT2D eigenvalue weighted by atomic mass is 9.77. The monoisotopic (exact) mass is 400 g/mol. The Kier molecular flexibility index (Phi) is 5.14. The molecular weight excluding hydrogens is 376 g/mol. The maximum Gasteiger partial charge on any atom is 0.361 e. The van der Waals surface area contributed by atoms with E-state index in [1.54, 1.807) is 11.7 Å². The fourth-order valence-corrected chi connectivity index (χ4v) is 5.40. The molecule has 1 aliphatic carbocycles. The Labute approximate surface area is 168 Å². The van der Waals surface area contributed by atoms with Crippen molar-refractivity contribution in [3.05, 3.63) is 41.1 Å². The van der Waals surface area contributed by atoms with Gasteiger partial charge >= 0.3 is 5.97 Å². The van der Waals surface area contributed by atoms with E-state index >= 15 is 0 Å². The number of hydrogen-bond donors (Lipinski definition) is 1. The summed E-state index contributed by atoms with van der Waals surface area (Å²) in [4.78, 5) is 27.3. The van der Waals surface area contributed by atoms with Crippen LogP contribution in [0.4, 0.5) is 0 Å². The van der Waals surface area contributed by atoms with Crippen LogP contribution in [0.5, 0.6) is 0 Å². The average Bonchev–Trinajstić information content (AvgIpc) is 3.10. The van der Waals surface area contributed by atoms with E-state index in [-0.39, 0.29) is 23.3 Å². The molecule has 28 heavy (non-hydrogen) atoms. The third-order valence-electron chi connectivity index (χ3n) is 5.48. The Morgan fingerprint density at radius 1 is 1.25 bits per heavy atom. The SMILES string of the molecule is CCOC(=O)c1nnn2c1SC(C(=O)c1ccc(C)cc1)C1(CCCCC1)N2. The van der Waals surface area contributed by atoms with Crippen LogP contribution in [0.25, 0.3) is 0 Å². The van der Waals surface area contributed by atoms with E-state index < -0.39 is 11.5 Å². The summed E-state index contributed by atoms with van der Waals surface area (Å²) in [6.45, 7) is 4.02. The van der Waals surface area contributed by atoms with Crippen LogP contribution < -0.4 is 5.43 Å². The summed E-state index contributed by atoms with van der Waals surface area (Å²) in [6, 6.07) is 7.67. The molecule has 7 nitrogen and oxygen atoms in total. The Morgan fingerprint density at radius 3 is 2.64 bits per heavy atom. The van der Waals surface area contributed by atoms with Crippen LogP contribution in [0.2, 0.25) is 0 Å². The zero-order valence-corrected chi connectivity index (χ0v) is 16.9. The van der Waals surface area contributed by atoms with Crippen molar-refractivity contribution in [1.29, 1.82) is 0 Å². The number of carbonyl (C=O) groups excluding carboxylic acids is 2. The molecule has 0 radical (unpaired) electrons. The Morgan fingerprint density at radius 2 is 1.96 bits per heavy atom. The number of hydrogen-bond acceptors (Lipinski definition) is 7. The molecule has 0 amide bonds. The molecule has 1 spiro atoms. The number of fused-ring (bicyclic) bond motifs is 1. The minimum atomic E-state index is -0.515. The molecule has 4 rings (SSSR count). The topological polar surface area (TPSA) is 86.1 Å². The van der Waals surface area contributed by atoms with Gasteiger partial charge in [-0.2, -0.15) is 4.79 Å². The number of nitrogens with zero attached hydrogens (tertiary/aromatic N) is 3. The van der Waals surface area contributed by atoms with Crippen LogP contribution in [-0.2, 0) is 4.74 Å². The number of aromatic nitrogens is 3. The summed E-state index contributed by atoms with van der Waals surface area (Å²) in [7, 11) is 0. The lowest BCUT2D eigenvalue weighted by Gasteiger charge is -2.46. The second kappa shape index (κ2) is 7.58. The van der Waals surface area contributed by atoms with Crippen molar-refractivity contribution in [3.63, 3.8) is 0 Å². The van der Waals surface area contributed by atoms with E-state index in [9.17, 15) is 9.59 Å². The van der Waals surface area contributed by atoms with Gasteiger partial charge in [-0.15, -0.1) is 5.10 Å². The molecule has 2 aromatic rings. The van der Waals surface area contributed by atoms with Crippen LogP contribution in [0.15, 0.2) is 29.3 Å². The summed E-state index contributed by atoms with van der Waals surface area (Å²) >= 11 is 1.38. The number of carbonyl (C=O) groups is 2. The largest absolute Gasteiger partial charge is 0.461 e. The smallest absolute Gasteiger partial charge is 0.361 e. The quantitative estimate of drug-likeness (QED) is 0.622. The van der Waals surface area contributed by atoms with E-state index in [0.717, 1.165) is 37.7 Å². The van der Waals surface area contributed by atoms with Gasteiger partial charge in [-0.25, -0.2) is 4.79 Å². The molecule has 1 saturated carbocycles. The number of thioether (sulfide) groups is 1. The first-order valence-electron chi connectivity index (χ1n) is 9.72.